The van der Waals surface area contributed by atoms with Gasteiger partial charge in [-0.25, -0.2) is 14.8 Å². The zero-order valence-electron chi connectivity index (χ0n) is 17.5. The third-order valence-electron chi connectivity index (χ3n) is 4.58. The summed E-state index contributed by atoms with van der Waals surface area (Å²) in [5.74, 6) is 0.578. The van der Waals surface area contributed by atoms with Gasteiger partial charge < -0.3 is 19.7 Å². The summed E-state index contributed by atoms with van der Waals surface area (Å²) >= 11 is 0. The standard InChI is InChI=1S/C21H25F3N4O3/c1-20(2,3)31-19(29)28-10-16(27-18-8-9-25-13-26-18)17(11-28)30-12-14-4-6-15(7-5-14)21(22,23)24/h4-9,13,16-17H,10-12H2,1-3H3,(H,25,26,27). The number of alkyl halides is 3. The Morgan fingerprint density at radius 3 is 2.45 bits per heavy atom. The Morgan fingerprint density at radius 1 is 1.16 bits per heavy atom. The van der Waals surface area contributed by atoms with Crippen LogP contribution in [0.25, 0.3) is 0 Å². The summed E-state index contributed by atoms with van der Waals surface area (Å²) in [6, 6.07) is 6.24. The minimum atomic E-state index is -4.38. The lowest BCUT2D eigenvalue weighted by Crippen LogP contribution is -2.36. The molecule has 2 atom stereocenters. The summed E-state index contributed by atoms with van der Waals surface area (Å²) in [5.41, 5.74) is -0.743. The van der Waals surface area contributed by atoms with Gasteiger partial charge in [0.1, 0.15) is 17.7 Å². The van der Waals surface area contributed by atoms with E-state index in [9.17, 15) is 18.0 Å². The van der Waals surface area contributed by atoms with Gasteiger partial charge in [-0.15, -0.1) is 0 Å². The van der Waals surface area contributed by atoms with Crippen LogP contribution < -0.4 is 5.32 Å². The molecule has 1 aliphatic rings. The molecule has 0 aliphatic carbocycles. The van der Waals surface area contributed by atoms with E-state index in [0.717, 1.165) is 12.1 Å². The fourth-order valence-corrected chi connectivity index (χ4v) is 3.12. The first kappa shape index (κ1) is 22.8. The summed E-state index contributed by atoms with van der Waals surface area (Å²) in [4.78, 5) is 22.1. The highest BCUT2D eigenvalue weighted by atomic mass is 19.4. The first-order chi connectivity index (χ1) is 14.5. The number of aromatic nitrogens is 2. The number of hydrogen-bond acceptors (Lipinski definition) is 6. The normalized spacial score (nSPS) is 19.4. The molecule has 1 aliphatic heterocycles. The molecule has 0 bridgehead atoms. The summed E-state index contributed by atoms with van der Waals surface area (Å²) in [5, 5.41) is 3.23. The lowest BCUT2D eigenvalue weighted by atomic mass is 10.1. The van der Waals surface area contributed by atoms with Crippen LogP contribution in [0, 0.1) is 0 Å². The highest BCUT2D eigenvalue weighted by Crippen LogP contribution is 2.29. The molecular formula is C21H25F3N4O3. The van der Waals surface area contributed by atoms with Crippen LogP contribution >= 0.6 is 0 Å². The lowest BCUT2D eigenvalue weighted by molar-refractivity contribution is -0.137. The summed E-state index contributed by atoms with van der Waals surface area (Å²) in [6.07, 6.45) is -2.26. The number of carbonyl (C=O) groups is 1. The molecule has 0 radical (unpaired) electrons. The van der Waals surface area contributed by atoms with E-state index in [-0.39, 0.29) is 19.2 Å². The largest absolute Gasteiger partial charge is 0.444 e. The van der Waals surface area contributed by atoms with Gasteiger partial charge in [-0.3, -0.25) is 0 Å². The number of halogens is 3. The second-order valence-corrected chi connectivity index (χ2v) is 8.27. The highest BCUT2D eigenvalue weighted by Gasteiger charge is 2.38. The third-order valence-corrected chi connectivity index (χ3v) is 4.58. The molecule has 10 heteroatoms. The van der Waals surface area contributed by atoms with Crippen LogP contribution in [-0.2, 0) is 22.3 Å². The maximum atomic E-state index is 12.7. The maximum Gasteiger partial charge on any atom is 0.416 e. The smallest absolute Gasteiger partial charge is 0.416 e. The predicted octanol–water partition coefficient (Wildman–Crippen LogP) is 4.11. The summed E-state index contributed by atoms with van der Waals surface area (Å²) in [7, 11) is 0. The number of likely N-dealkylation sites (tertiary alicyclic amines) is 1. The third kappa shape index (κ3) is 6.55. The van der Waals surface area contributed by atoms with Crippen molar-refractivity contribution in [1.29, 1.82) is 0 Å². The Labute approximate surface area is 178 Å². The van der Waals surface area contributed by atoms with Crippen molar-refractivity contribution in [2.45, 2.75) is 51.3 Å². The Bertz CT molecular complexity index is 870. The van der Waals surface area contributed by atoms with Gasteiger partial charge in [-0.2, -0.15) is 13.2 Å². The molecule has 1 fully saturated rings. The SMILES string of the molecule is CC(C)(C)OC(=O)N1CC(Nc2ccncn2)C(OCc2ccc(C(F)(F)F)cc2)C1. The molecule has 0 spiro atoms. The van der Waals surface area contributed by atoms with E-state index in [1.54, 1.807) is 37.9 Å². The number of benzene rings is 1. The molecule has 2 aromatic rings. The van der Waals surface area contributed by atoms with Crippen molar-refractivity contribution < 1.29 is 27.4 Å². The quantitative estimate of drug-likeness (QED) is 0.757. The molecule has 1 N–H and O–H groups in total. The van der Waals surface area contributed by atoms with E-state index in [1.165, 1.54) is 18.5 Å². The first-order valence-electron chi connectivity index (χ1n) is 9.79. The topological polar surface area (TPSA) is 76.6 Å². The van der Waals surface area contributed by atoms with Crippen molar-refractivity contribution in [1.82, 2.24) is 14.9 Å². The molecule has 0 saturated carbocycles. The summed E-state index contributed by atoms with van der Waals surface area (Å²) in [6.45, 7) is 6.07. The van der Waals surface area contributed by atoms with Gasteiger partial charge >= 0.3 is 12.3 Å². The molecule has 1 amide bonds. The van der Waals surface area contributed by atoms with Gasteiger partial charge in [0.25, 0.3) is 0 Å². The number of nitrogens with one attached hydrogen (secondary N) is 1. The van der Waals surface area contributed by atoms with Gasteiger partial charge in [0.2, 0.25) is 0 Å². The average Bonchev–Trinajstić information content (AvgIpc) is 3.08. The van der Waals surface area contributed by atoms with E-state index in [4.69, 9.17) is 9.47 Å². The van der Waals surface area contributed by atoms with Crippen LogP contribution in [0.4, 0.5) is 23.8 Å². The van der Waals surface area contributed by atoms with Crippen molar-refractivity contribution in [2.75, 3.05) is 18.4 Å². The summed E-state index contributed by atoms with van der Waals surface area (Å²) < 4.78 is 49.7. The Morgan fingerprint density at radius 2 is 1.87 bits per heavy atom. The zero-order chi connectivity index (χ0) is 22.6. The van der Waals surface area contributed by atoms with Crippen LogP contribution in [0.5, 0.6) is 0 Å². The number of anilines is 1. The lowest BCUT2D eigenvalue weighted by Gasteiger charge is -2.24. The molecule has 1 saturated heterocycles. The van der Waals surface area contributed by atoms with E-state index in [1.807, 2.05) is 0 Å². The van der Waals surface area contributed by atoms with Crippen molar-refractivity contribution in [3.05, 3.63) is 54.0 Å². The van der Waals surface area contributed by atoms with Gasteiger partial charge in [-0.1, -0.05) is 12.1 Å². The molecule has 7 nitrogen and oxygen atoms in total. The minimum Gasteiger partial charge on any atom is -0.444 e. The Balaban J connectivity index is 1.67. The number of ether oxygens (including phenoxy) is 2. The van der Waals surface area contributed by atoms with Gasteiger partial charge in [0, 0.05) is 12.7 Å². The minimum absolute atomic E-state index is 0.104. The van der Waals surface area contributed by atoms with Crippen LogP contribution in [-0.4, -0.2) is 51.8 Å². The molecular weight excluding hydrogens is 413 g/mol. The van der Waals surface area contributed by atoms with Gasteiger partial charge in [-0.05, 0) is 44.5 Å². The number of nitrogens with zero attached hydrogens (tertiary/aromatic N) is 3. The number of amides is 1. The second kappa shape index (κ2) is 9.09. The highest BCUT2D eigenvalue weighted by molar-refractivity contribution is 5.69. The molecule has 1 aromatic heterocycles. The molecule has 1 aromatic carbocycles. The average molecular weight is 438 g/mol. The second-order valence-electron chi connectivity index (χ2n) is 8.27. The molecule has 31 heavy (non-hydrogen) atoms. The van der Waals surface area contributed by atoms with Crippen molar-refractivity contribution in [2.24, 2.45) is 0 Å². The first-order valence-corrected chi connectivity index (χ1v) is 9.79. The van der Waals surface area contributed by atoms with E-state index in [2.05, 4.69) is 15.3 Å². The van der Waals surface area contributed by atoms with Crippen molar-refractivity contribution in [3.8, 4) is 0 Å². The molecule has 2 heterocycles. The van der Waals surface area contributed by atoms with Crippen LogP contribution in [0.15, 0.2) is 42.9 Å². The van der Waals surface area contributed by atoms with Gasteiger partial charge in [0.15, 0.2) is 0 Å². The Hall–Kier alpha value is -2.88. The molecule has 2 unspecified atom stereocenters. The zero-order valence-corrected chi connectivity index (χ0v) is 17.5. The fourth-order valence-electron chi connectivity index (χ4n) is 3.12. The van der Waals surface area contributed by atoms with Crippen molar-refractivity contribution in [3.63, 3.8) is 0 Å². The van der Waals surface area contributed by atoms with Gasteiger partial charge in [0.05, 0.1) is 30.9 Å². The van der Waals surface area contributed by atoms with E-state index < -0.39 is 29.5 Å². The predicted molar refractivity (Wildman–Crippen MR) is 107 cm³/mol. The maximum absolute atomic E-state index is 12.7. The van der Waals surface area contributed by atoms with E-state index in [0.29, 0.717) is 17.9 Å². The number of carbonyl (C=O) groups excluding carboxylic acids is 1. The van der Waals surface area contributed by atoms with Crippen LogP contribution in [0.3, 0.4) is 0 Å². The fraction of sp³-hybridized carbons (Fsp3) is 0.476. The molecule has 168 valence electrons. The number of hydrogen-bond donors (Lipinski definition) is 1. The number of rotatable bonds is 5. The van der Waals surface area contributed by atoms with Crippen LogP contribution in [0.2, 0.25) is 0 Å². The van der Waals surface area contributed by atoms with Crippen molar-refractivity contribution >= 4 is 11.9 Å². The monoisotopic (exact) mass is 438 g/mol. The Kier molecular flexibility index (Phi) is 6.68. The molecule has 3 rings (SSSR count). The van der Waals surface area contributed by atoms with Crippen LogP contribution in [0.1, 0.15) is 31.9 Å². The van der Waals surface area contributed by atoms with E-state index >= 15 is 0 Å².